The van der Waals surface area contributed by atoms with Crippen molar-refractivity contribution in [3.8, 4) is 0 Å². The number of benzene rings is 4. The van der Waals surface area contributed by atoms with E-state index in [0.29, 0.717) is 0 Å². The van der Waals surface area contributed by atoms with Gasteiger partial charge < -0.3 is 65.2 Å². The Morgan fingerprint density at radius 1 is 0.440 bits per heavy atom. The predicted octanol–water partition coefficient (Wildman–Crippen LogP) is -8.25. The molecule has 0 radical (unpaired) electrons. The normalized spacial score (nSPS) is 11.7. The molecule has 2 heterocycles. The fourth-order valence-electron chi connectivity index (χ4n) is 6.43. The second-order valence-electron chi connectivity index (χ2n) is 14.7. The van der Waals surface area contributed by atoms with Crippen LogP contribution in [0.25, 0.3) is 12.2 Å². The Morgan fingerprint density at radius 3 is 1.07 bits per heavy atom. The molecular formula is C40H41N12Na3O16S4. The summed E-state index contributed by atoms with van der Waals surface area (Å²) in [6.07, 6.45) is 2.11. The maximum Gasteiger partial charge on any atom is 1.00 e. The third-order valence-corrected chi connectivity index (χ3v) is 13.0. The van der Waals surface area contributed by atoms with Gasteiger partial charge in [0.1, 0.15) is 30.4 Å². The van der Waals surface area contributed by atoms with E-state index in [0.717, 1.165) is 60.7 Å². The van der Waals surface area contributed by atoms with Crippen LogP contribution >= 0.6 is 0 Å². The maximum atomic E-state index is 12.7. The maximum absolute atomic E-state index is 12.7. The van der Waals surface area contributed by atoms with E-state index in [2.05, 4.69) is 51.2 Å². The summed E-state index contributed by atoms with van der Waals surface area (Å²) in [5, 5.41) is 49.5. The number of hydrogen-bond acceptors (Lipinski definition) is 27. The average molecular weight is 1140 g/mol. The van der Waals surface area contributed by atoms with Crippen molar-refractivity contribution in [2.45, 2.75) is 19.6 Å². The van der Waals surface area contributed by atoms with E-state index >= 15 is 0 Å². The molecule has 0 atom stereocenters. The first-order chi connectivity index (χ1) is 34.0. The molecule has 0 fully saturated rings. The molecule has 0 bridgehead atoms. The van der Waals surface area contributed by atoms with Crippen LogP contribution in [0, 0.1) is 0 Å². The minimum absolute atomic E-state index is 0. The third-order valence-electron chi connectivity index (χ3n) is 9.58. The van der Waals surface area contributed by atoms with Crippen molar-refractivity contribution in [2.75, 3.05) is 83.7 Å². The summed E-state index contributed by atoms with van der Waals surface area (Å²) in [5.74, 6) is -1.35. The molecule has 0 amide bonds. The zero-order valence-corrected chi connectivity index (χ0v) is 49.1. The summed E-state index contributed by atoms with van der Waals surface area (Å²) in [5.41, 5.74) is -0.595. The molecule has 0 aliphatic heterocycles. The summed E-state index contributed by atoms with van der Waals surface area (Å²) >= 11 is 0. The number of aliphatic hydroxyl groups excluding tert-OH is 4. The van der Waals surface area contributed by atoms with Crippen LogP contribution in [0.4, 0.5) is 58.4 Å². The van der Waals surface area contributed by atoms with Crippen LogP contribution in [-0.4, -0.2) is 155 Å². The molecule has 35 heteroatoms. The van der Waals surface area contributed by atoms with Crippen LogP contribution in [0.1, 0.15) is 11.1 Å². The number of aromatic nitrogens is 6. The van der Waals surface area contributed by atoms with Crippen LogP contribution in [0.15, 0.2) is 105 Å². The topological polar surface area (TPSA) is 439 Å². The minimum Gasteiger partial charge on any atom is -0.744 e. The summed E-state index contributed by atoms with van der Waals surface area (Å²) in [6.45, 7) is -1.96. The largest absolute Gasteiger partial charge is 1.00 e. The number of aliphatic hydroxyl groups is 4. The van der Waals surface area contributed by atoms with E-state index in [1.165, 1.54) is 46.2 Å². The van der Waals surface area contributed by atoms with E-state index in [1.54, 1.807) is 0 Å². The second-order valence-corrected chi connectivity index (χ2v) is 20.2. The Morgan fingerprint density at radius 2 is 0.760 bits per heavy atom. The van der Waals surface area contributed by atoms with Crippen molar-refractivity contribution in [3.63, 3.8) is 0 Å². The second kappa shape index (κ2) is 28.5. The van der Waals surface area contributed by atoms with Crippen molar-refractivity contribution in [3.05, 3.63) is 96.1 Å². The quantitative estimate of drug-likeness (QED) is 0.0154. The van der Waals surface area contributed by atoms with Crippen LogP contribution in [0.3, 0.4) is 0 Å². The van der Waals surface area contributed by atoms with Gasteiger partial charge in [0.05, 0.1) is 46.0 Å². The van der Waals surface area contributed by atoms with E-state index in [-0.39, 0.29) is 184 Å². The Hall–Kier alpha value is -4.08. The number of nitrogens with zero attached hydrogens (tertiary/aromatic N) is 8. The SMILES string of the molecule is O=S(=O)([O-])c1cccc(Nc2nc(Nc3ccc(/C=C/c4ccc(Nc5nc(Nc6cccc(S(=O)(=O)O)c6)nc(N(CCO)CCO)n5)cc4S(=O)(=O)[O-])c(S(=O)(=O)[O-])c3)nc(N(CCO)CCO)n2)c1.[Na+].[Na+].[Na+]. The first-order valence-corrected chi connectivity index (χ1v) is 26.2. The van der Waals surface area contributed by atoms with E-state index in [9.17, 15) is 72.3 Å². The molecule has 6 rings (SSSR count). The van der Waals surface area contributed by atoms with Gasteiger partial charge in [-0.1, -0.05) is 36.4 Å². The van der Waals surface area contributed by atoms with Gasteiger partial charge in [0.2, 0.25) is 35.7 Å². The fraction of sp³-hybridized carbons (Fsp3) is 0.200. The van der Waals surface area contributed by atoms with Gasteiger partial charge >= 0.3 is 88.7 Å². The van der Waals surface area contributed by atoms with Gasteiger partial charge in [-0.3, -0.25) is 4.55 Å². The zero-order chi connectivity index (χ0) is 52.4. The van der Waals surface area contributed by atoms with E-state index < -0.39 is 86.5 Å². The molecular weight excluding hydrogens is 1100 g/mol. The number of nitrogens with one attached hydrogen (secondary N) is 4. The fourth-order valence-corrected chi connectivity index (χ4v) is 8.87. The molecule has 0 unspecified atom stereocenters. The van der Waals surface area contributed by atoms with Gasteiger partial charge in [-0.05, 0) is 71.8 Å². The first-order valence-electron chi connectivity index (χ1n) is 20.5. The van der Waals surface area contributed by atoms with Crippen molar-refractivity contribution >= 4 is 111 Å². The minimum atomic E-state index is -5.31. The Labute approximate surface area is 496 Å². The van der Waals surface area contributed by atoms with E-state index in [1.807, 2.05) is 0 Å². The summed E-state index contributed by atoms with van der Waals surface area (Å²) in [6, 6.07) is 16.4. The number of anilines is 10. The van der Waals surface area contributed by atoms with Gasteiger partial charge in [0.15, 0.2) is 0 Å². The van der Waals surface area contributed by atoms with E-state index in [4.69, 9.17) is 0 Å². The van der Waals surface area contributed by atoms with Gasteiger partial charge in [-0.15, -0.1) is 0 Å². The molecule has 0 aliphatic rings. The van der Waals surface area contributed by atoms with Crippen LogP contribution in [-0.2, 0) is 40.5 Å². The van der Waals surface area contributed by atoms with Crippen molar-refractivity contribution in [2.24, 2.45) is 0 Å². The van der Waals surface area contributed by atoms with Crippen molar-refractivity contribution in [1.29, 1.82) is 0 Å². The Kier molecular flexibility index (Phi) is 24.8. The van der Waals surface area contributed by atoms with Crippen molar-refractivity contribution < 1.29 is 161 Å². The average Bonchev–Trinajstić information content (AvgIpc) is 3.30. The zero-order valence-electron chi connectivity index (χ0n) is 39.8. The van der Waals surface area contributed by atoms with Crippen LogP contribution in [0.5, 0.6) is 0 Å². The molecule has 2 aromatic heterocycles. The predicted molar refractivity (Wildman–Crippen MR) is 254 cm³/mol. The molecule has 0 aliphatic carbocycles. The Balaban J connectivity index is 0.00000494. The summed E-state index contributed by atoms with van der Waals surface area (Å²) in [4.78, 5) is 25.5. The molecule has 6 aromatic rings. The third kappa shape index (κ3) is 18.8. The monoisotopic (exact) mass is 1140 g/mol. The molecule has 4 aromatic carbocycles. The summed E-state index contributed by atoms with van der Waals surface area (Å²) < 4.78 is 144. The van der Waals surface area contributed by atoms with Crippen molar-refractivity contribution in [1.82, 2.24) is 29.9 Å². The van der Waals surface area contributed by atoms with Crippen LogP contribution in [0.2, 0.25) is 0 Å². The smallest absolute Gasteiger partial charge is 0.744 e. The van der Waals surface area contributed by atoms with Gasteiger partial charge in [0, 0.05) is 48.9 Å². The Bertz CT molecular complexity index is 3210. The summed E-state index contributed by atoms with van der Waals surface area (Å²) in [7, 11) is -20.1. The van der Waals surface area contributed by atoms with Crippen LogP contribution < -0.4 is 120 Å². The van der Waals surface area contributed by atoms with Gasteiger partial charge in [-0.25, -0.2) is 25.3 Å². The molecule has 0 saturated heterocycles. The number of hydrogen-bond donors (Lipinski definition) is 9. The molecule has 0 saturated carbocycles. The van der Waals surface area contributed by atoms with Gasteiger partial charge in [-0.2, -0.15) is 38.3 Å². The van der Waals surface area contributed by atoms with Gasteiger partial charge in [0.25, 0.3) is 10.1 Å². The first kappa shape index (κ1) is 65.2. The molecule has 75 heavy (non-hydrogen) atoms. The molecule has 384 valence electrons. The molecule has 9 N–H and O–H groups in total. The molecule has 28 nitrogen and oxygen atoms in total. The molecule has 0 spiro atoms. The number of rotatable bonds is 24. The standard InChI is InChI=1S/C40H44N12O16S4.3Na/c53-17-13-51(14-18-54)39-47-35(41-27-3-1-5-31(21-27)69(57,58)59)45-37(49-39)43-29-11-9-25(33(23-29)71(63,64)65)7-8-26-10-12-30(24-34(26)72(66,67)68)44-38-46-36(48-40(50-38)52(15-19-55)16-20-56)42-28-4-2-6-32(22-28)70(60,61)62;;;/h1-12,21-24,53-56H,13-20H2,(H,57,58,59)(H,60,61,62)(H,63,64,65)(H,66,67,68)(H2,41,43,45,47,49)(H2,42,44,46,48,50);;;/q;3*+1/p-3/b8-7+;;;.